The summed E-state index contributed by atoms with van der Waals surface area (Å²) in [6, 6.07) is 18.3. The van der Waals surface area contributed by atoms with Crippen LogP contribution >= 0.6 is 0 Å². The maximum absolute atomic E-state index is 12.6. The van der Waals surface area contributed by atoms with Crippen molar-refractivity contribution in [3.63, 3.8) is 0 Å². The molecule has 0 radical (unpaired) electrons. The summed E-state index contributed by atoms with van der Waals surface area (Å²) in [5.41, 5.74) is 2.71. The number of H-pyrrole nitrogens is 1. The van der Waals surface area contributed by atoms with Crippen LogP contribution in [-0.2, 0) is 4.79 Å². The fraction of sp³-hybridized carbons (Fsp3) is 0.0952. The number of anilines is 1. The van der Waals surface area contributed by atoms with Gasteiger partial charge in [0.25, 0.3) is 5.91 Å². The smallest absolute Gasteiger partial charge is 0.266 e. The van der Waals surface area contributed by atoms with Crippen LogP contribution in [0.25, 0.3) is 6.08 Å². The summed E-state index contributed by atoms with van der Waals surface area (Å²) in [7, 11) is 0. The monoisotopic (exact) mass is 358 g/mol. The molecule has 1 amide bonds. The lowest BCUT2D eigenvalue weighted by molar-refractivity contribution is -0.112. The lowest BCUT2D eigenvalue weighted by atomic mass is 10.1. The van der Waals surface area contributed by atoms with Gasteiger partial charge in [0.15, 0.2) is 5.75 Å². The van der Waals surface area contributed by atoms with Crippen molar-refractivity contribution in [1.29, 1.82) is 5.26 Å². The highest BCUT2D eigenvalue weighted by atomic mass is 16.5. The Labute approximate surface area is 157 Å². The molecule has 27 heavy (non-hydrogen) atoms. The second-order valence-electron chi connectivity index (χ2n) is 5.88. The van der Waals surface area contributed by atoms with Crippen LogP contribution in [0.1, 0.15) is 17.0 Å². The minimum absolute atomic E-state index is 0.0166. The molecule has 0 aliphatic carbocycles. The Bertz CT molecular complexity index is 1010. The van der Waals surface area contributed by atoms with E-state index in [4.69, 9.17) is 4.74 Å². The molecule has 0 saturated carbocycles. The van der Waals surface area contributed by atoms with Crippen molar-refractivity contribution in [2.45, 2.75) is 13.8 Å². The molecule has 0 saturated heterocycles. The largest absolute Gasteiger partial charge is 0.455 e. The third kappa shape index (κ3) is 4.22. The molecule has 0 aliphatic heterocycles. The predicted molar refractivity (Wildman–Crippen MR) is 103 cm³/mol. The van der Waals surface area contributed by atoms with Gasteiger partial charge in [-0.1, -0.05) is 30.3 Å². The van der Waals surface area contributed by atoms with Crippen molar-refractivity contribution in [1.82, 2.24) is 10.2 Å². The highest BCUT2D eigenvalue weighted by Gasteiger charge is 2.14. The molecule has 0 aliphatic rings. The molecule has 0 fully saturated rings. The van der Waals surface area contributed by atoms with Crippen LogP contribution in [0.15, 0.2) is 60.2 Å². The van der Waals surface area contributed by atoms with E-state index < -0.39 is 5.91 Å². The quantitative estimate of drug-likeness (QED) is 0.523. The molecular weight excluding hydrogens is 340 g/mol. The van der Waals surface area contributed by atoms with Gasteiger partial charge in [0.2, 0.25) is 0 Å². The van der Waals surface area contributed by atoms with Crippen LogP contribution in [0.3, 0.4) is 0 Å². The van der Waals surface area contributed by atoms with Gasteiger partial charge in [0.1, 0.15) is 17.4 Å². The number of amides is 1. The molecule has 2 aromatic carbocycles. The van der Waals surface area contributed by atoms with E-state index in [0.29, 0.717) is 17.2 Å². The number of aromatic amines is 1. The van der Waals surface area contributed by atoms with E-state index in [9.17, 15) is 10.1 Å². The first kappa shape index (κ1) is 18.0. The number of carbonyl (C=O) groups is 1. The lowest BCUT2D eigenvalue weighted by Crippen LogP contribution is -2.14. The van der Waals surface area contributed by atoms with Crippen LogP contribution in [0.4, 0.5) is 5.69 Å². The normalized spacial score (nSPS) is 10.9. The average Bonchev–Trinajstić information content (AvgIpc) is 3.00. The molecule has 0 unspecified atom stereocenters. The number of nitriles is 1. The number of benzene rings is 2. The Balaban J connectivity index is 1.84. The second-order valence-corrected chi connectivity index (χ2v) is 5.88. The molecule has 6 heteroatoms. The Morgan fingerprint density at radius 3 is 2.52 bits per heavy atom. The van der Waals surface area contributed by atoms with Gasteiger partial charge in [-0.15, -0.1) is 0 Å². The number of nitrogens with one attached hydrogen (secondary N) is 2. The number of aryl methyl sites for hydroxylation is 2. The molecule has 2 N–H and O–H groups in total. The highest BCUT2D eigenvalue weighted by Crippen LogP contribution is 2.29. The van der Waals surface area contributed by atoms with Crippen molar-refractivity contribution in [2.75, 3.05) is 5.32 Å². The van der Waals surface area contributed by atoms with E-state index in [-0.39, 0.29) is 5.57 Å². The molecule has 134 valence electrons. The summed E-state index contributed by atoms with van der Waals surface area (Å²) < 4.78 is 5.84. The molecule has 6 nitrogen and oxygen atoms in total. The maximum atomic E-state index is 12.6. The molecular formula is C21H18N4O2. The number of aromatic nitrogens is 2. The summed E-state index contributed by atoms with van der Waals surface area (Å²) in [4.78, 5) is 12.6. The van der Waals surface area contributed by atoms with Crippen molar-refractivity contribution in [3.8, 4) is 17.6 Å². The van der Waals surface area contributed by atoms with Gasteiger partial charge in [0.05, 0.1) is 11.4 Å². The number of hydrogen-bond acceptors (Lipinski definition) is 4. The van der Waals surface area contributed by atoms with Gasteiger partial charge in [-0.25, -0.2) is 0 Å². The highest BCUT2D eigenvalue weighted by molar-refractivity contribution is 6.10. The molecule has 3 rings (SSSR count). The van der Waals surface area contributed by atoms with Gasteiger partial charge in [-0.3, -0.25) is 9.89 Å². The maximum Gasteiger partial charge on any atom is 0.266 e. The van der Waals surface area contributed by atoms with Crippen molar-refractivity contribution >= 4 is 17.7 Å². The summed E-state index contributed by atoms with van der Waals surface area (Å²) in [5.74, 6) is 0.631. The standard InChI is InChI=1S/C21H18N4O2/c1-14-18(15(2)25-24-14)12-16(13-22)21(26)23-19-10-6-7-11-20(19)27-17-8-4-3-5-9-17/h3-12H,1-2H3,(H,23,26)(H,24,25). The number of nitrogens with zero attached hydrogens (tertiary/aromatic N) is 2. The first-order valence-electron chi connectivity index (χ1n) is 8.35. The summed E-state index contributed by atoms with van der Waals surface area (Å²) in [6.45, 7) is 3.65. The van der Waals surface area contributed by atoms with Gasteiger partial charge in [0, 0.05) is 11.3 Å². The summed E-state index contributed by atoms with van der Waals surface area (Å²) in [6.07, 6.45) is 1.53. The number of hydrogen-bond donors (Lipinski definition) is 2. The topological polar surface area (TPSA) is 90.8 Å². The fourth-order valence-corrected chi connectivity index (χ4v) is 2.53. The van der Waals surface area contributed by atoms with Crippen LogP contribution in [0, 0.1) is 25.2 Å². The van der Waals surface area contributed by atoms with Gasteiger partial charge in [-0.05, 0) is 44.2 Å². The average molecular weight is 358 g/mol. The molecule has 1 heterocycles. The Morgan fingerprint density at radius 2 is 1.85 bits per heavy atom. The number of rotatable bonds is 5. The van der Waals surface area contributed by atoms with Crippen LogP contribution < -0.4 is 10.1 Å². The predicted octanol–water partition coefficient (Wildman–Crippen LogP) is 4.36. The number of carbonyl (C=O) groups excluding carboxylic acids is 1. The minimum Gasteiger partial charge on any atom is -0.455 e. The van der Waals surface area contributed by atoms with Crippen LogP contribution in [0.2, 0.25) is 0 Å². The number of ether oxygens (including phenoxy) is 1. The Kier molecular flexibility index (Phi) is 5.33. The van der Waals surface area contributed by atoms with E-state index in [1.54, 1.807) is 18.2 Å². The van der Waals surface area contributed by atoms with Crippen molar-refractivity contribution in [2.24, 2.45) is 0 Å². The van der Waals surface area contributed by atoms with Gasteiger partial charge in [-0.2, -0.15) is 10.4 Å². The van der Waals surface area contributed by atoms with E-state index in [1.165, 1.54) is 6.08 Å². The van der Waals surface area contributed by atoms with Gasteiger partial charge >= 0.3 is 0 Å². The Hall–Kier alpha value is -3.85. The zero-order valence-electron chi connectivity index (χ0n) is 15.0. The van der Waals surface area contributed by atoms with Crippen LogP contribution in [0.5, 0.6) is 11.5 Å². The van der Waals surface area contributed by atoms with Gasteiger partial charge < -0.3 is 10.1 Å². The molecule has 0 atom stereocenters. The van der Waals surface area contributed by atoms with E-state index in [2.05, 4.69) is 15.5 Å². The third-order valence-electron chi connectivity index (χ3n) is 3.95. The molecule has 3 aromatic rings. The van der Waals surface area contributed by atoms with E-state index in [0.717, 1.165) is 17.0 Å². The van der Waals surface area contributed by atoms with Crippen molar-refractivity contribution in [3.05, 3.63) is 77.1 Å². The SMILES string of the molecule is Cc1n[nH]c(C)c1C=C(C#N)C(=O)Nc1ccccc1Oc1ccccc1. The summed E-state index contributed by atoms with van der Waals surface area (Å²) in [5, 5.41) is 19.1. The second kappa shape index (κ2) is 8.02. The molecule has 0 spiro atoms. The Morgan fingerprint density at radius 1 is 1.15 bits per heavy atom. The summed E-state index contributed by atoms with van der Waals surface area (Å²) >= 11 is 0. The molecule has 0 bridgehead atoms. The minimum atomic E-state index is -0.512. The lowest BCUT2D eigenvalue weighted by Gasteiger charge is -2.12. The van der Waals surface area contributed by atoms with Crippen molar-refractivity contribution < 1.29 is 9.53 Å². The number of para-hydroxylation sites is 3. The first-order valence-corrected chi connectivity index (χ1v) is 8.35. The zero-order chi connectivity index (χ0) is 19.2. The third-order valence-corrected chi connectivity index (χ3v) is 3.95. The van der Waals surface area contributed by atoms with E-state index in [1.807, 2.05) is 56.3 Å². The van der Waals surface area contributed by atoms with Crippen LogP contribution in [-0.4, -0.2) is 16.1 Å². The molecule has 1 aromatic heterocycles. The zero-order valence-corrected chi connectivity index (χ0v) is 15.0. The first-order chi connectivity index (χ1) is 13.1. The fourth-order valence-electron chi connectivity index (χ4n) is 2.53. The van der Waals surface area contributed by atoms with E-state index >= 15 is 0 Å².